The Kier molecular flexibility index (Phi) is 8.74. The number of aromatic nitrogens is 2. The SMILES string of the molecule is CN(C)CCCCNC(=O)c1cnc(-c2cccc(CN3CC=CC(c4ccc(C#N)cc4)=N3)c2)nc1. The molecule has 0 fully saturated rings. The Bertz CT molecular complexity index is 1310. The minimum absolute atomic E-state index is 0.153. The van der Waals surface area contributed by atoms with E-state index in [9.17, 15) is 4.79 Å². The first-order valence-corrected chi connectivity index (χ1v) is 12.4. The summed E-state index contributed by atoms with van der Waals surface area (Å²) in [4.78, 5) is 23.4. The molecule has 2 heterocycles. The average molecular weight is 494 g/mol. The van der Waals surface area contributed by atoms with Crippen molar-refractivity contribution in [2.45, 2.75) is 19.4 Å². The molecular weight excluding hydrogens is 462 g/mol. The molecule has 0 radical (unpaired) electrons. The summed E-state index contributed by atoms with van der Waals surface area (Å²) in [5, 5.41) is 18.7. The fourth-order valence-electron chi connectivity index (χ4n) is 3.95. The van der Waals surface area contributed by atoms with Crippen LogP contribution in [0.4, 0.5) is 0 Å². The second kappa shape index (κ2) is 12.6. The third kappa shape index (κ3) is 7.32. The zero-order valence-corrected chi connectivity index (χ0v) is 21.3. The van der Waals surface area contributed by atoms with Crippen LogP contribution in [0.3, 0.4) is 0 Å². The van der Waals surface area contributed by atoms with Crippen LogP contribution in [0.2, 0.25) is 0 Å². The maximum Gasteiger partial charge on any atom is 0.254 e. The molecule has 188 valence electrons. The van der Waals surface area contributed by atoms with Crippen molar-refractivity contribution >= 4 is 11.6 Å². The van der Waals surface area contributed by atoms with E-state index in [-0.39, 0.29) is 5.91 Å². The van der Waals surface area contributed by atoms with E-state index >= 15 is 0 Å². The van der Waals surface area contributed by atoms with E-state index in [1.165, 1.54) is 0 Å². The predicted octanol–water partition coefficient (Wildman–Crippen LogP) is 3.86. The Balaban J connectivity index is 1.37. The first kappa shape index (κ1) is 25.7. The van der Waals surface area contributed by atoms with E-state index in [2.05, 4.69) is 44.5 Å². The quantitative estimate of drug-likeness (QED) is 0.431. The fraction of sp³-hybridized carbons (Fsp3) is 0.276. The molecule has 4 rings (SSSR count). The molecule has 0 saturated heterocycles. The third-order valence-electron chi connectivity index (χ3n) is 5.93. The molecule has 1 N–H and O–H groups in total. The summed E-state index contributed by atoms with van der Waals surface area (Å²) in [5.74, 6) is 0.420. The van der Waals surface area contributed by atoms with Crippen LogP contribution in [-0.4, -0.2) is 65.2 Å². The van der Waals surface area contributed by atoms with Crippen LogP contribution < -0.4 is 5.32 Å². The van der Waals surface area contributed by atoms with Gasteiger partial charge >= 0.3 is 0 Å². The lowest BCUT2D eigenvalue weighted by Crippen LogP contribution is -2.25. The number of hydrazone groups is 1. The normalized spacial score (nSPS) is 12.8. The number of carbonyl (C=O) groups excluding carboxylic acids is 1. The van der Waals surface area contributed by atoms with E-state index in [1.807, 2.05) is 49.4 Å². The van der Waals surface area contributed by atoms with E-state index in [4.69, 9.17) is 10.4 Å². The van der Waals surface area contributed by atoms with Crippen molar-refractivity contribution < 1.29 is 4.79 Å². The minimum Gasteiger partial charge on any atom is -0.352 e. The molecule has 8 nitrogen and oxygen atoms in total. The first-order chi connectivity index (χ1) is 18.0. The maximum atomic E-state index is 12.4. The molecule has 8 heteroatoms. The highest BCUT2D eigenvalue weighted by atomic mass is 16.1. The Morgan fingerprint density at radius 2 is 1.86 bits per heavy atom. The fourth-order valence-corrected chi connectivity index (χ4v) is 3.95. The van der Waals surface area contributed by atoms with Crippen LogP contribution in [0.15, 0.2) is 78.2 Å². The lowest BCUT2D eigenvalue weighted by Gasteiger charge is -2.22. The van der Waals surface area contributed by atoms with Gasteiger partial charge in [-0.1, -0.05) is 36.4 Å². The number of hydrogen-bond acceptors (Lipinski definition) is 7. The Morgan fingerprint density at radius 3 is 2.59 bits per heavy atom. The van der Waals surface area contributed by atoms with Crippen molar-refractivity contribution in [2.24, 2.45) is 5.10 Å². The Morgan fingerprint density at radius 1 is 1.08 bits per heavy atom. The highest BCUT2D eigenvalue weighted by molar-refractivity contribution is 6.08. The van der Waals surface area contributed by atoms with Gasteiger partial charge < -0.3 is 10.2 Å². The van der Waals surface area contributed by atoms with Gasteiger partial charge in [0.15, 0.2) is 5.82 Å². The van der Waals surface area contributed by atoms with E-state index in [0.29, 0.717) is 36.6 Å². The molecule has 0 spiro atoms. The molecule has 0 unspecified atom stereocenters. The predicted molar refractivity (Wildman–Crippen MR) is 145 cm³/mol. The molecule has 37 heavy (non-hydrogen) atoms. The van der Waals surface area contributed by atoms with Gasteiger partial charge in [0.2, 0.25) is 0 Å². The zero-order chi connectivity index (χ0) is 26.0. The number of benzene rings is 2. The Hall–Kier alpha value is -4.35. The molecule has 0 aliphatic carbocycles. The highest BCUT2D eigenvalue weighted by Crippen LogP contribution is 2.19. The number of allylic oxidation sites excluding steroid dienone is 1. The Labute approximate surface area is 218 Å². The molecule has 1 amide bonds. The molecule has 3 aromatic rings. The van der Waals surface area contributed by atoms with Gasteiger partial charge in [0, 0.05) is 30.1 Å². The first-order valence-electron chi connectivity index (χ1n) is 12.4. The summed E-state index contributed by atoms with van der Waals surface area (Å²) in [6, 6.07) is 17.6. The number of hydrogen-bond donors (Lipinski definition) is 1. The summed E-state index contributed by atoms with van der Waals surface area (Å²) in [7, 11) is 4.09. The monoisotopic (exact) mass is 493 g/mol. The van der Waals surface area contributed by atoms with Crippen molar-refractivity contribution in [3.63, 3.8) is 0 Å². The van der Waals surface area contributed by atoms with Gasteiger partial charge in [-0.25, -0.2) is 9.97 Å². The van der Waals surface area contributed by atoms with Gasteiger partial charge in [-0.05, 0) is 63.3 Å². The largest absolute Gasteiger partial charge is 0.352 e. The molecular formula is C29H31N7O. The van der Waals surface area contributed by atoms with Crippen molar-refractivity contribution in [2.75, 3.05) is 33.7 Å². The number of rotatable bonds is 10. The molecule has 1 aliphatic rings. The number of nitrogens with zero attached hydrogens (tertiary/aromatic N) is 6. The third-order valence-corrected chi connectivity index (χ3v) is 5.93. The summed E-state index contributed by atoms with van der Waals surface area (Å²) in [6.07, 6.45) is 9.21. The van der Waals surface area contributed by atoms with Crippen LogP contribution in [0.1, 0.15) is 39.9 Å². The molecule has 0 saturated carbocycles. The van der Waals surface area contributed by atoms with Crippen molar-refractivity contribution in [3.05, 3.63) is 95.3 Å². The van der Waals surface area contributed by atoms with Gasteiger partial charge in [0.05, 0.1) is 36.0 Å². The van der Waals surface area contributed by atoms with E-state index in [0.717, 1.165) is 41.8 Å². The molecule has 1 aromatic heterocycles. The van der Waals surface area contributed by atoms with Crippen LogP contribution in [0.5, 0.6) is 0 Å². The van der Waals surface area contributed by atoms with Crippen LogP contribution in [-0.2, 0) is 6.54 Å². The summed E-state index contributed by atoms with van der Waals surface area (Å²) < 4.78 is 0. The smallest absolute Gasteiger partial charge is 0.254 e. The lowest BCUT2D eigenvalue weighted by atomic mass is 10.1. The molecule has 0 atom stereocenters. The van der Waals surface area contributed by atoms with Crippen molar-refractivity contribution in [1.29, 1.82) is 5.26 Å². The standard InChI is InChI=1S/C29H31N7O/c1-35(2)15-4-3-14-31-29(37)26-19-32-28(33-20-26)25-8-5-7-23(17-25)21-36-16-6-9-27(34-36)24-12-10-22(18-30)11-13-24/h5-13,17,19-20H,3-4,14-16,21H2,1-2H3,(H,31,37). The number of amides is 1. The van der Waals surface area contributed by atoms with E-state index < -0.39 is 0 Å². The molecule has 1 aliphatic heterocycles. The van der Waals surface area contributed by atoms with Crippen molar-refractivity contribution in [1.82, 2.24) is 25.2 Å². The van der Waals surface area contributed by atoms with Gasteiger partial charge in [-0.3, -0.25) is 9.80 Å². The molecule has 0 bridgehead atoms. The summed E-state index contributed by atoms with van der Waals surface area (Å²) >= 11 is 0. The maximum absolute atomic E-state index is 12.4. The van der Waals surface area contributed by atoms with Gasteiger partial charge in [-0.15, -0.1) is 0 Å². The number of unbranched alkanes of at least 4 members (excludes halogenated alkanes) is 1. The zero-order valence-electron chi connectivity index (χ0n) is 21.3. The summed E-state index contributed by atoms with van der Waals surface area (Å²) in [5.41, 5.74) is 4.89. The van der Waals surface area contributed by atoms with Crippen LogP contribution in [0, 0.1) is 11.3 Å². The van der Waals surface area contributed by atoms with Gasteiger partial charge in [0.25, 0.3) is 5.91 Å². The minimum atomic E-state index is -0.153. The second-order valence-corrected chi connectivity index (χ2v) is 9.19. The topological polar surface area (TPSA) is 97.5 Å². The van der Waals surface area contributed by atoms with Crippen LogP contribution >= 0.6 is 0 Å². The van der Waals surface area contributed by atoms with Gasteiger partial charge in [-0.2, -0.15) is 10.4 Å². The number of nitrogens with one attached hydrogen (secondary N) is 1. The van der Waals surface area contributed by atoms with Crippen LogP contribution in [0.25, 0.3) is 11.4 Å². The number of nitriles is 1. The molecule has 2 aromatic carbocycles. The average Bonchev–Trinajstić information content (AvgIpc) is 2.93. The summed E-state index contributed by atoms with van der Waals surface area (Å²) in [6.45, 7) is 2.98. The van der Waals surface area contributed by atoms with Crippen molar-refractivity contribution in [3.8, 4) is 17.5 Å². The number of carbonyl (C=O) groups is 1. The lowest BCUT2D eigenvalue weighted by molar-refractivity contribution is 0.0952. The second-order valence-electron chi connectivity index (χ2n) is 9.19. The highest BCUT2D eigenvalue weighted by Gasteiger charge is 2.12. The van der Waals surface area contributed by atoms with Gasteiger partial charge in [0.1, 0.15) is 0 Å². The van der Waals surface area contributed by atoms with E-state index in [1.54, 1.807) is 24.5 Å².